The van der Waals surface area contributed by atoms with Gasteiger partial charge >= 0.3 is 0 Å². The molecule has 1 aliphatic rings. The standard InChI is InChI=1S/C15H23NO4S/c1-4-20-15-6-5-14(7-13(15)10-17)21(18,19)16-8-11(2)12(3)9-16/h5-7,11-12,17H,4,8-10H2,1-3H3. The van der Waals surface area contributed by atoms with Crippen LogP contribution in [0.3, 0.4) is 0 Å². The minimum atomic E-state index is -3.50. The second-order valence-electron chi connectivity index (χ2n) is 5.64. The summed E-state index contributed by atoms with van der Waals surface area (Å²) in [6, 6.07) is 4.67. The van der Waals surface area contributed by atoms with Gasteiger partial charge in [0.1, 0.15) is 5.75 Å². The highest BCUT2D eigenvalue weighted by Gasteiger charge is 2.35. The summed E-state index contributed by atoms with van der Waals surface area (Å²) < 4.78 is 32.2. The third kappa shape index (κ3) is 3.22. The molecule has 0 aromatic heterocycles. The van der Waals surface area contributed by atoms with Crippen LogP contribution in [0.15, 0.2) is 23.1 Å². The van der Waals surface area contributed by atoms with E-state index in [1.54, 1.807) is 12.1 Å². The van der Waals surface area contributed by atoms with Crippen molar-refractivity contribution in [3.8, 4) is 5.75 Å². The number of ether oxygens (including phenoxy) is 1. The number of aliphatic hydroxyl groups is 1. The Morgan fingerprint density at radius 3 is 2.43 bits per heavy atom. The molecule has 2 atom stereocenters. The maximum Gasteiger partial charge on any atom is 0.243 e. The average molecular weight is 313 g/mol. The highest BCUT2D eigenvalue weighted by atomic mass is 32.2. The fraction of sp³-hybridized carbons (Fsp3) is 0.600. The van der Waals surface area contributed by atoms with E-state index in [9.17, 15) is 13.5 Å². The van der Waals surface area contributed by atoms with E-state index in [0.717, 1.165) is 0 Å². The third-order valence-corrected chi connectivity index (χ3v) is 5.92. The predicted molar refractivity (Wildman–Crippen MR) is 80.6 cm³/mol. The Hall–Kier alpha value is -1.11. The number of rotatable bonds is 5. The molecule has 0 aliphatic carbocycles. The summed E-state index contributed by atoms with van der Waals surface area (Å²) in [5, 5.41) is 9.40. The molecule has 0 amide bonds. The highest BCUT2D eigenvalue weighted by molar-refractivity contribution is 7.89. The second-order valence-corrected chi connectivity index (χ2v) is 7.58. The van der Waals surface area contributed by atoms with Gasteiger partial charge in [-0.25, -0.2) is 8.42 Å². The lowest BCUT2D eigenvalue weighted by atomic mass is 10.0. The Kier molecular flexibility index (Phi) is 4.91. The Morgan fingerprint density at radius 1 is 1.29 bits per heavy atom. The number of sulfonamides is 1. The van der Waals surface area contributed by atoms with Gasteiger partial charge < -0.3 is 9.84 Å². The van der Waals surface area contributed by atoms with E-state index < -0.39 is 10.0 Å². The quantitative estimate of drug-likeness (QED) is 0.901. The first kappa shape index (κ1) is 16.3. The van der Waals surface area contributed by atoms with E-state index in [2.05, 4.69) is 13.8 Å². The topological polar surface area (TPSA) is 66.8 Å². The maximum absolute atomic E-state index is 12.7. The van der Waals surface area contributed by atoms with Gasteiger partial charge in [-0.1, -0.05) is 13.8 Å². The van der Waals surface area contributed by atoms with Crippen LogP contribution in [0.25, 0.3) is 0 Å². The molecule has 1 aromatic carbocycles. The molecule has 0 spiro atoms. The van der Waals surface area contributed by atoms with E-state index in [-0.39, 0.29) is 11.5 Å². The molecule has 1 heterocycles. The van der Waals surface area contributed by atoms with Gasteiger partial charge in [-0.05, 0) is 37.0 Å². The summed E-state index contributed by atoms with van der Waals surface area (Å²) >= 11 is 0. The molecule has 0 radical (unpaired) electrons. The zero-order valence-corrected chi connectivity index (χ0v) is 13.6. The molecule has 5 nitrogen and oxygen atoms in total. The van der Waals surface area contributed by atoms with Gasteiger partial charge in [0.05, 0.1) is 18.1 Å². The molecule has 21 heavy (non-hydrogen) atoms. The number of nitrogens with zero attached hydrogens (tertiary/aromatic N) is 1. The lowest BCUT2D eigenvalue weighted by Gasteiger charge is -2.17. The molecule has 6 heteroatoms. The van der Waals surface area contributed by atoms with Gasteiger partial charge in [-0.3, -0.25) is 0 Å². The van der Waals surface area contributed by atoms with Gasteiger partial charge in [0.2, 0.25) is 10.0 Å². The number of aliphatic hydroxyl groups excluding tert-OH is 1. The molecule has 1 saturated heterocycles. The van der Waals surface area contributed by atoms with E-state index in [1.165, 1.54) is 10.4 Å². The highest BCUT2D eigenvalue weighted by Crippen LogP contribution is 2.30. The van der Waals surface area contributed by atoms with Crippen molar-refractivity contribution in [2.75, 3.05) is 19.7 Å². The lowest BCUT2D eigenvalue weighted by molar-refractivity contribution is 0.266. The molecule has 118 valence electrons. The summed E-state index contributed by atoms with van der Waals surface area (Å²) in [5.74, 6) is 1.25. The molecule has 1 N–H and O–H groups in total. The summed E-state index contributed by atoms with van der Waals surface area (Å²) in [6.07, 6.45) is 0. The zero-order valence-electron chi connectivity index (χ0n) is 12.7. The van der Waals surface area contributed by atoms with Gasteiger partial charge in [0.15, 0.2) is 0 Å². The number of hydrogen-bond acceptors (Lipinski definition) is 4. The lowest BCUT2D eigenvalue weighted by Crippen LogP contribution is -2.29. The fourth-order valence-electron chi connectivity index (χ4n) is 2.56. The number of hydrogen-bond donors (Lipinski definition) is 1. The predicted octanol–water partition coefficient (Wildman–Crippen LogP) is 1.85. The first-order chi connectivity index (χ1) is 9.90. The molecule has 1 aliphatic heterocycles. The molecular weight excluding hydrogens is 290 g/mol. The molecule has 0 bridgehead atoms. The summed E-state index contributed by atoms with van der Waals surface area (Å²) in [7, 11) is -3.50. The van der Waals surface area contributed by atoms with Crippen LogP contribution in [-0.2, 0) is 16.6 Å². The van der Waals surface area contributed by atoms with Crippen LogP contribution in [0.1, 0.15) is 26.3 Å². The monoisotopic (exact) mass is 313 g/mol. The largest absolute Gasteiger partial charge is 0.494 e. The van der Waals surface area contributed by atoms with Crippen molar-refractivity contribution in [3.05, 3.63) is 23.8 Å². The summed E-state index contributed by atoms with van der Waals surface area (Å²) in [4.78, 5) is 0.219. The zero-order chi connectivity index (χ0) is 15.6. The Labute approximate surface area is 126 Å². The normalized spacial score (nSPS) is 23.4. The second kappa shape index (κ2) is 6.34. The maximum atomic E-state index is 12.7. The summed E-state index contributed by atoms with van der Waals surface area (Å²) in [6.45, 7) is 7.30. The van der Waals surface area contributed by atoms with Crippen molar-refractivity contribution in [2.24, 2.45) is 11.8 Å². The van der Waals surface area contributed by atoms with Crippen LogP contribution < -0.4 is 4.74 Å². The Bertz CT molecular complexity index is 590. The number of benzene rings is 1. The fourth-order valence-corrected chi connectivity index (χ4v) is 4.25. The molecule has 0 saturated carbocycles. The van der Waals surface area contributed by atoms with Gasteiger partial charge in [0, 0.05) is 18.7 Å². The van der Waals surface area contributed by atoms with Crippen molar-refractivity contribution in [1.82, 2.24) is 4.31 Å². The molecular formula is C15H23NO4S. The van der Waals surface area contributed by atoms with Gasteiger partial charge in [0.25, 0.3) is 0 Å². The van der Waals surface area contributed by atoms with Crippen LogP contribution >= 0.6 is 0 Å². The Balaban J connectivity index is 2.32. The Morgan fingerprint density at radius 2 is 1.90 bits per heavy atom. The van der Waals surface area contributed by atoms with Crippen LogP contribution in [-0.4, -0.2) is 37.5 Å². The SMILES string of the molecule is CCOc1ccc(S(=O)(=O)N2CC(C)C(C)C2)cc1CO. The van der Waals surface area contributed by atoms with E-state index >= 15 is 0 Å². The van der Waals surface area contributed by atoms with Crippen molar-refractivity contribution in [1.29, 1.82) is 0 Å². The van der Waals surface area contributed by atoms with Crippen molar-refractivity contribution in [2.45, 2.75) is 32.3 Å². The van der Waals surface area contributed by atoms with Crippen molar-refractivity contribution >= 4 is 10.0 Å². The van der Waals surface area contributed by atoms with Crippen molar-refractivity contribution in [3.63, 3.8) is 0 Å². The van der Waals surface area contributed by atoms with Crippen LogP contribution in [0, 0.1) is 11.8 Å². The average Bonchev–Trinajstić information content (AvgIpc) is 2.80. The molecule has 1 fully saturated rings. The van der Waals surface area contributed by atoms with E-state index in [0.29, 0.717) is 42.8 Å². The van der Waals surface area contributed by atoms with Gasteiger partial charge in [-0.2, -0.15) is 4.31 Å². The summed E-state index contributed by atoms with van der Waals surface area (Å²) in [5.41, 5.74) is 0.498. The van der Waals surface area contributed by atoms with Gasteiger partial charge in [-0.15, -0.1) is 0 Å². The van der Waals surface area contributed by atoms with Crippen molar-refractivity contribution < 1.29 is 18.3 Å². The van der Waals surface area contributed by atoms with E-state index in [1.807, 2.05) is 6.92 Å². The molecule has 1 aromatic rings. The smallest absolute Gasteiger partial charge is 0.243 e. The molecule has 2 rings (SSSR count). The first-order valence-electron chi connectivity index (χ1n) is 7.26. The van der Waals surface area contributed by atoms with Crippen LogP contribution in [0.4, 0.5) is 0 Å². The third-order valence-electron chi connectivity index (χ3n) is 4.09. The van der Waals surface area contributed by atoms with Crippen LogP contribution in [0.5, 0.6) is 5.75 Å². The van der Waals surface area contributed by atoms with E-state index in [4.69, 9.17) is 4.74 Å². The minimum absolute atomic E-state index is 0.219. The first-order valence-corrected chi connectivity index (χ1v) is 8.70. The minimum Gasteiger partial charge on any atom is -0.494 e. The van der Waals surface area contributed by atoms with Crippen LogP contribution in [0.2, 0.25) is 0 Å². The molecule has 2 unspecified atom stereocenters.